The Bertz CT molecular complexity index is 2950. The molecule has 9 rings (SSSR count). The third-order valence-corrected chi connectivity index (χ3v) is 15.7. The van der Waals surface area contributed by atoms with Crippen molar-refractivity contribution in [3.63, 3.8) is 0 Å². The molecule has 7 heteroatoms. The van der Waals surface area contributed by atoms with E-state index in [1.54, 1.807) is 4.40 Å². The van der Waals surface area contributed by atoms with E-state index in [-0.39, 0.29) is 31.9 Å². The van der Waals surface area contributed by atoms with E-state index in [0.29, 0.717) is 5.92 Å². The summed E-state index contributed by atoms with van der Waals surface area (Å²) >= 11 is -1.86. The summed E-state index contributed by atoms with van der Waals surface area (Å²) in [5.74, 6) is 9.36. The summed E-state index contributed by atoms with van der Waals surface area (Å²) in [5.41, 5.74) is 15.1. The molecule has 0 amide bonds. The fourth-order valence-electron chi connectivity index (χ4n) is 8.43. The van der Waals surface area contributed by atoms with Gasteiger partial charge in [0.15, 0.2) is 0 Å². The number of fused-ring (bicyclic) bond motifs is 4. The molecule has 0 aliphatic heterocycles. The molecule has 0 unspecified atom stereocenters. The minimum Gasteiger partial charge on any atom is -0.501 e. The normalized spacial score (nSPS) is 11.8. The van der Waals surface area contributed by atoms with Crippen molar-refractivity contribution in [3.8, 4) is 39.5 Å². The summed E-state index contributed by atoms with van der Waals surface area (Å²) in [5, 5.41) is 2.16. The summed E-state index contributed by atoms with van der Waals surface area (Å²) in [4.78, 5) is 14.7. The molecule has 0 atom stereocenters. The molecule has 317 valence electrons. The molecule has 0 aliphatic carbocycles. The number of rotatable bonds is 9. The van der Waals surface area contributed by atoms with Gasteiger partial charge < -0.3 is 8.98 Å². The molecule has 0 fully saturated rings. The SMILES string of the molecule is CC(C)Cc1cc(-c2[c-]cccc2)nc[c]1[Ge]([CH3])([CH3])[CH3].Cc1cc2nc(-c3[c-]ccc4c3oc3ccccc34)n(-c3c(C(C)C)cc(-c4ccccc4)cc3C(C)C)c2cn1.[Ir]. The van der Waals surface area contributed by atoms with Crippen molar-refractivity contribution in [2.24, 2.45) is 5.92 Å². The minimum atomic E-state index is -1.86. The largest absolute Gasteiger partial charge is 0.501 e. The van der Waals surface area contributed by atoms with Crippen molar-refractivity contribution in [1.82, 2.24) is 19.5 Å². The molecule has 5 aromatic carbocycles. The molecule has 5 nitrogen and oxygen atoms in total. The van der Waals surface area contributed by atoms with E-state index in [2.05, 4.69) is 161 Å². The Kier molecular flexibility index (Phi) is 13.5. The Morgan fingerprint density at radius 3 is 2.05 bits per heavy atom. The van der Waals surface area contributed by atoms with E-state index >= 15 is 0 Å². The number of benzene rings is 5. The summed E-state index contributed by atoms with van der Waals surface area (Å²) in [6, 6.07) is 46.8. The summed E-state index contributed by atoms with van der Waals surface area (Å²) in [6.45, 7) is 15.7. The van der Waals surface area contributed by atoms with E-state index in [4.69, 9.17) is 19.4 Å². The van der Waals surface area contributed by atoms with Crippen LogP contribution in [0.4, 0.5) is 0 Å². The van der Waals surface area contributed by atoms with Crippen LogP contribution in [-0.4, -0.2) is 32.8 Å². The van der Waals surface area contributed by atoms with E-state index in [1.807, 2.05) is 49.5 Å². The van der Waals surface area contributed by atoms with Gasteiger partial charge in [-0.25, -0.2) is 0 Å². The number of hydrogen-bond donors (Lipinski definition) is 0. The van der Waals surface area contributed by atoms with Gasteiger partial charge in [0.1, 0.15) is 5.58 Å². The topological polar surface area (TPSA) is 56.7 Å². The van der Waals surface area contributed by atoms with Crippen LogP contribution >= 0.6 is 0 Å². The Labute approximate surface area is 383 Å². The van der Waals surface area contributed by atoms with Crippen LogP contribution in [0.25, 0.3) is 72.4 Å². The zero-order valence-corrected chi connectivity index (χ0v) is 42.1. The third kappa shape index (κ3) is 9.15. The standard InChI is InChI=1S/C37H32N3O.C18H24GeN.Ir/c1-22(2)30-19-26(25-12-7-6-8-13-25)20-31(23(3)4)35(30)40-33-21-38-24(5)18-32(33)39-37(40)29-16-11-15-28-27-14-9-10-17-34(27)41-36(28)29;1-14(2)11-16-12-18(15-9-7-6-8-10-15)20-13-17(16)19(3,4)5;/h6-15,17-23H,1-5H3;6-9,12-14H,11H2,1-5H3;/q2*-1;. The monoisotopic (exact) mass is 1060 g/mol. The molecule has 9 aromatic rings. The molecule has 0 bridgehead atoms. The van der Waals surface area contributed by atoms with Gasteiger partial charge in [0.25, 0.3) is 0 Å². The fraction of sp³-hybridized carbons (Fsp3) is 0.255. The molecule has 0 spiro atoms. The Morgan fingerprint density at radius 2 is 1.39 bits per heavy atom. The molecular weight excluding hydrogens is 997 g/mol. The second kappa shape index (κ2) is 18.7. The van der Waals surface area contributed by atoms with Crippen LogP contribution in [0.5, 0.6) is 0 Å². The molecule has 1 radical (unpaired) electrons. The van der Waals surface area contributed by atoms with Crippen molar-refractivity contribution in [1.29, 1.82) is 0 Å². The van der Waals surface area contributed by atoms with Crippen LogP contribution in [-0.2, 0) is 26.5 Å². The van der Waals surface area contributed by atoms with E-state index in [9.17, 15) is 0 Å². The maximum Gasteiger partial charge on any atom is 0.120 e. The van der Waals surface area contributed by atoms with Gasteiger partial charge in [-0.05, 0) is 65.3 Å². The number of aryl methyl sites for hydroxylation is 1. The number of furan rings is 1. The van der Waals surface area contributed by atoms with E-state index < -0.39 is 13.3 Å². The third-order valence-electron chi connectivity index (χ3n) is 11.4. The molecule has 0 saturated carbocycles. The van der Waals surface area contributed by atoms with Gasteiger partial charge >= 0.3 is 126 Å². The van der Waals surface area contributed by atoms with Crippen molar-refractivity contribution >= 4 is 50.6 Å². The molecule has 0 aliphatic rings. The molecule has 0 saturated heterocycles. The second-order valence-corrected chi connectivity index (χ2v) is 28.9. The zero-order valence-electron chi connectivity index (χ0n) is 37.6. The molecular formula is C55H56GeIrN4O-2. The predicted molar refractivity (Wildman–Crippen MR) is 259 cm³/mol. The summed E-state index contributed by atoms with van der Waals surface area (Å²) in [6.07, 6.45) is 5.23. The number of aromatic nitrogens is 4. The van der Waals surface area contributed by atoms with Gasteiger partial charge in [0.05, 0.1) is 28.6 Å². The van der Waals surface area contributed by atoms with Gasteiger partial charge in [0.2, 0.25) is 0 Å². The number of nitrogens with zero attached hydrogens (tertiary/aromatic N) is 4. The van der Waals surface area contributed by atoms with Crippen molar-refractivity contribution < 1.29 is 24.5 Å². The Hall–Kier alpha value is -5.14. The first-order valence-corrected chi connectivity index (χ1v) is 29.0. The maximum atomic E-state index is 6.48. The van der Waals surface area contributed by atoms with Crippen LogP contribution in [0.3, 0.4) is 0 Å². The molecule has 0 N–H and O–H groups in total. The van der Waals surface area contributed by atoms with Crippen LogP contribution in [0, 0.1) is 25.0 Å². The summed E-state index contributed by atoms with van der Waals surface area (Å²) < 4.78 is 10.3. The van der Waals surface area contributed by atoms with Crippen LogP contribution < -0.4 is 4.40 Å². The van der Waals surface area contributed by atoms with Crippen molar-refractivity contribution in [2.45, 2.75) is 84.0 Å². The van der Waals surface area contributed by atoms with Crippen LogP contribution in [0.1, 0.15) is 75.8 Å². The van der Waals surface area contributed by atoms with Crippen molar-refractivity contribution in [3.05, 3.63) is 162 Å². The van der Waals surface area contributed by atoms with Gasteiger partial charge in [-0.2, -0.15) is 0 Å². The number of pyridine rings is 2. The average Bonchev–Trinajstić information content (AvgIpc) is 3.81. The molecule has 4 heterocycles. The first-order valence-electron chi connectivity index (χ1n) is 21.7. The van der Waals surface area contributed by atoms with Crippen LogP contribution in [0.15, 0.2) is 132 Å². The van der Waals surface area contributed by atoms with Gasteiger partial charge in [-0.3, -0.25) is 9.97 Å². The minimum absolute atomic E-state index is 0. The number of para-hydroxylation sites is 1. The Morgan fingerprint density at radius 1 is 0.694 bits per heavy atom. The van der Waals surface area contributed by atoms with E-state index in [0.717, 1.165) is 67.7 Å². The smallest absolute Gasteiger partial charge is 0.120 e. The number of hydrogen-bond acceptors (Lipinski definition) is 4. The van der Waals surface area contributed by atoms with Gasteiger partial charge in [-0.1, -0.05) is 87.2 Å². The summed E-state index contributed by atoms with van der Waals surface area (Å²) in [7, 11) is 0. The molecule has 4 aromatic heterocycles. The van der Waals surface area contributed by atoms with Crippen molar-refractivity contribution in [2.75, 3.05) is 0 Å². The van der Waals surface area contributed by atoms with Crippen LogP contribution in [0.2, 0.25) is 17.3 Å². The van der Waals surface area contributed by atoms with Gasteiger partial charge in [-0.15, -0.1) is 18.2 Å². The predicted octanol–water partition coefficient (Wildman–Crippen LogP) is 14.3. The van der Waals surface area contributed by atoms with E-state index in [1.165, 1.54) is 33.5 Å². The molecule has 62 heavy (non-hydrogen) atoms. The first kappa shape index (κ1) is 44.9. The fourth-order valence-corrected chi connectivity index (χ4v) is 11.8. The van der Waals surface area contributed by atoms with Gasteiger partial charge in [0, 0.05) is 36.9 Å². The quantitative estimate of drug-likeness (QED) is 0.107. The number of imidazole rings is 1. The maximum absolute atomic E-state index is 6.48. The zero-order chi connectivity index (χ0) is 43.0. The average molecular weight is 1050 g/mol. The first-order chi connectivity index (χ1) is 29.3. The second-order valence-electron chi connectivity index (χ2n) is 18.3. The Balaban J connectivity index is 0.000000233.